The molecule has 2 amide bonds. The van der Waals surface area contributed by atoms with E-state index in [1.807, 2.05) is 6.92 Å². The Kier molecular flexibility index (Phi) is 2.58. The Morgan fingerprint density at radius 3 is 2.67 bits per heavy atom. The molecule has 15 heavy (non-hydrogen) atoms. The normalized spacial score (nSPS) is 20.5. The zero-order chi connectivity index (χ0) is 10.8. The molecule has 1 aliphatic heterocycles. The van der Waals surface area contributed by atoms with Crippen LogP contribution >= 0.6 is 0 Å². The van der Waals surface area contributed by atoms with Crippen molar-refractivity contribution >= 4 is 6.03 Å². The van der Waals surface area contributed by atoms with Crippen LogP contribution in [0.2, 0.25) is 0 Å². The molecule has 3 nitrogen and oxygen atoms in total. The lowest BCUT2D eigenvalue weighted by molar-refractivity contribution is 0.204. The van der Waals surface area contributed by atoms with Gasteiger partial charge in [-0.2, -0.15) is 0 Å². The smallest absolute Gasteiger partial charge is 0.318 e. The van der Waals surface area contributed by atoms with Gasteiger partial charge in [-0.1, -0.05) is 12.1 Å². The molecule has 0 radical (unpaired) electrons. The van der Waals surface area contributed by atoms with Crippen molar-refractivity contribution in [2.75, 3.05) is 6.54 Å². The van der Waals surface area contributed by atoms with Crippen LogP contribution in [0.25, 0.3) is 0 Å². The SMILES string of the molecule is CC1CNC(=O)N1Cc1ccc(F)cc1. The first-order valence-electron chi connectivity index (χ1n) is 4.96. The Labute approximate surface area is 87.9 Å². The van der Waals surface area contributed by atoms with Gasteiger partial charge in [0.15, 0.2) is 0 Å². The Morgan fingerprint density at radius 1 is 1.47 bits per heavy atom. The highest BCUT2D eigenvalue weighted by Gasteiger charge is 2.26. The van der Waals surface area contributed by atoms with Crippen molar-refractivity contribution in [1.29, 1.82) is 0 Å². The Balaban J connectivity index is 2.08. The second-order valence-corrected chi connectivity index (χ2v) is 3.79. The van der Waals surface area contributed by atoms with Crippen LogP contribution in [0.3, 0.4) is 0 Å². The molecule has 1 atom stereocenters. The highest BCUT2D eigenvalue weighted by Crippen LogP contribution is 2.12. The van der Waals surface area contributed by atoms with Crippen molar-refractivity contribution in [3.8, 4) is 0 Å². The van der Waals surface area contributed by atoms with Crippen LogP contribution in [0, 0.1) is 5.82 Å². The molecular formula is C11H13FN2O. The van der Waals surface area contributed by atoms with Gasteiger partial charge in [-0.15, -0.1) is 0 Å². The number of rotatable bonds is 2. The molecule has 1 fully saturated rings. The van der Waals surface area contributed by atoms with Crippen molar-refractivity contribution in [2.24, 2.45) is 0 Å². The monoisotopic (exact) mass is 208 g/mol. The van der Waals surface area contributed by atoms with E-state index in [2.05, 4.69) is 5.32 Å². The molecule has 0 saturated carbocycles. The molecule has 1 aromatic rings. The molecule has 1 aliphatic rings. The Hall–Kier alpha value is -1.58. The average molecular weight is 208 g/mol. The van der Waals surface area contributed by atoms with Gasteiger partial charge in [0, 0.05) is 19.1 Å². The number of nitrogens with zero attached hydrogens (tertiary/aromatic N) is 1. The van der Waals surface area contributed by atoms with Gasteiger partial charge in [0.1, 0.15) is 5.82 Å². The highest BCUT2D eigenvalue weighted by molar-refractivity contribution is 5.76. The van der Waals surface area contributed by atoms with Gasteiger partial charge in [0.25, 0.3) is 0 Å². The van der Waals surface area contributed by atoms with E-state index < -0.39 is 0 Å². The second kappa shape index (κ2) is 3.88. The number of hydrogen-bond acceptors (Lipinski definition) is 1. The summed E-state index contributed by atoms with van der Waals surface area (Å²) in [4.78, 5) is 13.1. The number of halogens is 1. The van der Waals surface area contributed by atoms with Crippen molar-refractivity contribution < 1.29 is 9.18 Å². The number of nitrogens with one attached hydrogen (secondary N) is 1. The molecule has 2 rings (SSSR count). The number of hydrogen-bond donors (Lipinski definition) is 1. The van der Waals surface area contributed by atoms with Gasteiger partial charge in [0.05, 0.1) is 0 Å². The average Bonchev–Trinajstić information content (AvgIpc) is 2.53. The zero-order valence-corrected chi connectivity index (χ0v) is 8.53. The van der Waals surface area contributed by atoms with Crippen LogP contribution in [-0.4, -0.2) is 23.5 Å². The van der Waals surface area contributed by atoms with E-state index in [1.165, 1.54) is 12.1 Å². The molecule has 1 saturated heterocycles. The molecule has 1 aromatic carbocycles. The summed E-state index contributed by atoms with van der Waals surface area (Å²) in [7, 11) is 0. The predicted molar refractivity (Wildman–Crippen MR) is 54.8 cm³/mol. The second-order valence-electron chi connectivity index (χ2n) is 3.79. The van der Waals surface area contributed by atoms with Gasteiger partial charge >= 0.3 is 6.03 Å². The molecule has 0 bridgehead atoms. The summed E-state index contributed by atoms with van der Waals surface area (Å²) < 4.78 is 12.7. The molecule has 1 heterocycles. The molecule has 0 aliphatic carbocycles. The van der Waals surface area contributed by atoms with E-state index in [9.17, 15) is 9.18 Å². The maximum absolute atomic E-state index is 12.7. The molecule has 1 N–H and O–H groups in total. The van der Waals surface area contributed by atoms with Crippen LogP contribution in [0.4, 0.5) is 9.18 Å². The van der Waals surface area contributed by atoms with Crippen LogP contribution in [0.5, 0.6) is 0 Å². The van der Waals surface area contributed by atoms with E-state index in [0.717, 1.165) is 5.56 Å². The van der Waals surface area contributed by atoms with E-state index in [-0.39, 0.29) is 17.9 Å². The lowest BCUT2D eigenvalue weighted by atomic mass is 10.2. The zero-order valence-electron chi connectivity index (χ0n) is 8.53. The van der Waals surface area contributed by atoms with Crippen molar-refractivity contribution in [3.05, 3.63) is 35.6 Å². The topological polar surface area (TPSA) is 32.3 Å². The summed E-state index contributed by atoms with van der Waals surface area (Å²) in [6, 6.07) is 6.37. The molecule has 1 unspecified atom stereocenters. The standard InChI is InChI=1S/C11H13FN2O/c1-8-6-13-11(15)14(8)7-9-2-4-10(12)5-3-9/h2-5,8H,6-7H2,1H3,(H,13,15). The maximum atomic E-state index is 12.7. The summed E-state index contributed by atoms with van der Waals surface area (Å²) in [6.45, 7) is 3.20. The summed E-state index contributed by atoms with van der Waals surface area (Å²) in [5, 5.41) is 2.76. The molecule has 0 aromatic heterocycles. The fourth-order valence-electron chi connectivity index (χ4n) is 1.66. The number of urea groups is 1. The van der Waals surface area contributed by atoms with Gasteiger partial charge < -0.3 is 10.2 Å². The lowest BCUT2D eigenvalue weighted by Crippen LogP contribution is -2.31. The fraction of sp³-hybridized carbons (Fsp3) is 0.364. The first-order chi connectivity index (χ1) is 7.16. The van der Waals surface area contributed by atoms with Crippen molar-refractivity contribution in [3.63, 3.8) is 0 Å². The summed E-state index contributed by atoms with van der Waals surface area (Å²) in [5.41, 5.74) is 0.945. The predicted octanol–water partition coefficient (Wildman–Crippen LogP) is 1.74. The van der Waals surface area contributed by atoms with E-state index >= 15 is 0 Å². The Bertz CT molecular complexity index is 363. The molecular weight excluding hydrogens is 195 g/mol. The highest BCUT2D eigenvalue weighted by atomic mass is 19.1. The van der Waals surface area contributed by atoms with E-state index in [1.54, 1.807) is 17.0 Å². The summed E-state index contributed by atoms with van der Waals surface area (Å²) >= 11 is 0. The number of amides is 2. The van der Waals surface area contributed by atoms with E-state index in [4.69, 9.17) is 0 Å². The van der Waals surface area contributed by atoms with Crippen molar-refractivity contribution in [1.82, 2.24) is 10.2 Å². The third kappa shape index (κ3) is 2.09. The largest absolute Gasteiger partial charge is 0.336 e. The number of carbonyl (C=O) groups excluding carboxylic acids is 1. The third-order valence-electron chi connectivity index (χ3n) is 2.61. The minimum atomic E-state index is -0.252. The first kappa shape index (κ1) is 9.96. The fourth-order valence-corrected chi connectivity index (χ4v) is 1.66. The van der Waals surface area contributed by atoms with Crippen LogP contribution < -0.4 is 5.32 Å². The maximum Gasteiger partial charge on any atom is 0.318 e. The summed E-state index contributed by atoms with van der Waals surface area (Å²) in [5.74, 6) is -0.252. The van der Waals surface area contributed by atoms with Gasteiger partial charge in [0.2, 0.25) is 0 Å². The minimum absolute atomic E-state index is 0.0492. The molecule has 80 valence electrons. The Morgan fingerprint density at radius 2 is 2.13 bits per heavy atom. The summed E-state index contributed by atoms with van der Waals surface area (Å²) in [6.07, 6.45) is 0. The number of benzene rings is 1. The first-order valence-corrected chi connectivity index (χ1v) is 4.96. The van der Waals surface area contributed by atoms with Crippen LogP contribution in [0.1, 0.15) is 12.5 Å². The quantitative estimate of drug-likeness (QED) is 0.788. The third-order valence-corrected chi connectivity index (χ3v) is 2.61. The minimum Gasteiger partial charge on any atom is -0.336 e. The van der Waals surface area contributed by atoms with Crippen LogP contribution in [-0.2, 0) is 6.54 Å². The molecule has 4 heteroatoms. The lowest BCUT2D eigenvalue weighted by Gasteiger charge is -2.19. The van der Waals surface area contributed by atoms with Crippen molar-refractivity contribution in [2.45, 2.75) is 19.5 Å². The molecule has 0 spiro atoms. The van der Waals surface area contributed by atoms with Crippen LogP contribution in [0.15, 0.2) is 24.3 Å². The van der Waals surface area contributed by atoms with Gasteiger partial charge in [-0.25, -0.2) is 9.18 Å². The van der Waals surface area contributed by atoms with Gasteiger partial charge in [-0.3, -0.25) is 0 Å². The van der Waals surface area contributed by atoms with Gasteiger partial charge in [-0.05, 0) is 24.6 Å². The number of carbonyl (C=O) groups is 1. The van der Waals surface area contributed by atoms with E-state index in [0.29, 0.717) is 13.1 Å².